The van der Waals surface area contributed by atoms with E-state index in [2.05, 4.69) is 0 Å². The number of fused-ring (bicyclic) bond motifs is 1. The second kappa shape index (κ2) is 6.57. The number of carbonyl (C=O) groups excluding carboxylic acids is 1. The molecule has 3 fully saturated rings. The van der Waals surface area contributed by atoms with Gasteiger partial charge in [-0.1, -0.05) is 19.8 Å². The van der Waals surface area contributed by atoms with E-state index in [-0.39, 0.29) is 17.9 Å². The van der Waals surface area contributed by atoms with Gasteiger partial charge in [-0.2, -0.15) is 0 Å². The predicted molar refractivity (Wildman–Crippen MR) is 81.3 cm³/mol. The lowest BCUT2D eigenvalue weighted by Gasteiger charge is -2.37. The number of carboxylic acid groups (broad SMARTS) is 1. The molecule has 124 valence electrons. The van der Waals surface area contributed by atoms with Crippen molar-refractivity contribution >= 4 is 11.9 Å². The molecule has 0 spiro atoms. The highest BCUT2D eigenvalue weighted by molar-refractivity contribution is 5.86. The first kappa shape index (κ1) is 15.8. The lowest BCUT2D eigenvalue weighted by molar-refractivity contribution is -0.153. The van der Waals surface area contributed by atoms with Crippen LogP contribution in [0.5, 0.6) is 0 Å². The molecule has 2 heterocycles. The Morgan fingerprint density at radius 2 is 1.82 bits per heavy atom. The van der Waals surface area contributed by atoms with Crippen molar-refractivity contribution in [2.75, 3.05) is 13.2 Å². The molecule has 0 bridgehead atoms. The predicted octanol–water partition coefficient (Wildman–Crippen LogP) is 2.29. The summed E-state index contributed by atoms with van der Waals surface area (Å²) in [5.74, 6) is -0.138. The van der Waals surface area contributed by atoms with Gasteiger partial charge in [-0.3, -0.25) is 4.79 Å². The third-order valence-electron chi connectivity index (χ3n) is 5.99. The van der Waals surface area contributed by atoms with E-state index >= 15 is 0 Å². The number of likely N-dealkylation sites (tertiary alicyclic amines) is 1. The van der Waals surface area contributed by atoms with E-state index in [9.17, 15) is 14.7 Å². The zero-order valence-electron chi connectivity index (χ0n) is 13.4. The number of hydrogen-bond donors (Lipinski definition) is 1. The van der Waals surface area contributed by atoms with Crippen LogP contribution < -0.4 is 0 Å². The maximum atomic E-state index is 13.0. The van der Waals surface area contributed by atoms with Gasteiger partial charge in [-0.15, -0.1) is 0 Å². The smallest absolute Gasteiger partial charge is 0.326 e. The lowest BCUT2D eigenvalue weighted by atomic mass is 9.83. The first-order valence-corrected chi connectivity index (χ1v) is 8.72. The second-order valence-corrected chi connectivity index (χ2v) is 7.19. The molecular formula is C17H27NO4. The van der Waals surface area contributed by atoms with Gasteiger partial charge in [0.15, 0.2) is 0 Å². The summed E-state index contributed by atoms with van der Waals surface area (Å²) in [5, 5.41) is 9.56. The number of nitrogens with zero attached hydrogens (tertiary/aromatic N) is 1. The van der Waals surface area contributed by atoms with E-state index in [0.717, 1.165) is 45.3 Å². The molecule has 5 nitrogen and oxygen atoms in total. The van der Waals surface area contributed by atoms with Gasteiger partial charge < -0.3 is 14.7 Å². The van der Waals surface area contributed by atoms with Crippen LogP contribution in [0.3, 0.4) is 0 Å². The molecule has 3 rings (SSSR count). The molecule has 22 heavy (non-hydrogen) atoms. The van der Waals surface area contributed by atoms with Crippen LogP contribution in [0.2, 0.25) is 0 Å². The van der Waals surface area contributed by atoms with Gasteiger partial charge in [0.25, 0.3) is 0 Å². The van der Waals surface area contributed by atoms with Crippen LogP contribution in [0.1, 0.15) is 51.9 Å². The van der Waals surface area contributed by atoms with Gasteiger partial charge in [0.05, 0.1) is 0 Å². The number of carbonyl (C=O) groups is 2. The Labute approximate surface area is 132 Å². The topological polar surface area (TPSA) is 66.8 Å². The summed E-state index contributed by atoms with van der Waals surface area (Å²) < 4.78 is 5.38. The minimum absolute atomic E-state index is 0.0636. The molecule has 0 aromatic carbocycles. The highest BCUT2D eigenvalue weighted by Crippen LogP contribution is 2.41. The first-order chi connectivity index (χ1) is 10.6. The summed E-state index contributed by atoms with van der Waals surface area (Å²) in [7, 11) is 0. The summed E-state index contributed by atoms with van der Waals surface area (Å²) in [6.45, 7) is 3.42. The number of amides is 1. The second-order valence-electron chi connectivity index (χ2n) is 7.19. The van der Waals surface area contributed by atoms with Crippen molar-refractivity contribution in [3.63, 3.8) is 0 Å². The summed E-state index contributed by atoms with van der Waals surface area (Å²) in [6, 6.07) is -0.451. The van der Waals surface area contributed by atoms with Crippen molar-refractivity contribution in [3.05, 3.63) is 0 Å². The molecule has 1 amide bonds. The van der Waals surface area contributed by atoms with Gasteiger partial charge in [0, 0.05) is 25.2 Å². The number of carboxylic acids is 1. The van der Waals surface area contributed by atoms with Crippen LogP contribution in [-0.2, 0) is 14.3 Å². The monoisotopic (exact) mass is 309 g/mol. The molecule has 2 aliphatic heterocycles. The fourth-order valence-electron chi connectivity index (χ4n) is 4.65. The third-order valence-corrected chi connectivity index (χ3v) is 5.99. The van der Waals surface area contributed by atoms with Crippen molar-refractivity contribution in [3.8, 4) is 0 Å². The van der Waals surface area contributed by atoms with Crippen LogP contribution in [0.4, 0.5) is 0 Å². The van der Waals surface area contributed by atoms with E-state index < -0.39 is 12.0 Å². The largest absolute Gasteiger partial charge is 0.480 e. The molecule has 4 atom stereocenters. The third kappa shape index (κ3) is 2.87. The van der Waals surface area contributed by atoms with E-state index in [1.807, 2.05) is 6.92 Å². The van der Waals surface area contributed by atoms with E-state index in [1.54, 1.807) is 4.90 Å². The molecule has 3 aliphatic rings. The van der Waals surface area contributed by atoms with Crippen molar-refractivity contribution in [1.82, 2.24) is 4.90 Å². The Kier molecular flexibility index (Phi) is 4.71. The minimum Gasteiger partial charge on any atom is -0.480 e. The van der Waals surface area contributed by atoms with Crippen molar-refractivity contribution < 1.29 is 19.4 Å². The summed E-state index contributed by atoms with van der Waals surface area (Å²) >= 11 is 0. The number of rotatable bonds is 3. The van der Waals surface area contributed by atoms with E-state index in [1.165, 1.54) is 6.42 Å². The Balaban J connectivity index is 1.76. The molecule has 5 heteroatoms. The molecule has 1 saturated carbocycles. The van der Waals surface area contributed by atoms with Crippen molar-refractivity contribution in [2.24, 2.45) is 17.8 Å². The minimum atomic E-state index is -0.832. The zero-order valence-corrected chi connectivity index (χ0v) is 13.4. The molecular weight excluding hydrogens is 282 g/mol. The summed E-state index contributed by atoms with van der Waals surface area (Å²) in [4.78, 5) is 26.4. The Bertz CT molecular complexity index is 432. The molecule has 0 aromatic rings. The van der Waals surface area contributed by atoms with Gasteiger partial charge in [0.1, 0.15) is 6.04 Å². The SMILES string of the molecule is CC(C(=O)N1C(C(=O)O)CC2CCCCC21)C1CCOCC1. The van der Waals surface area contributed by atoms with Gasteiger partial charge >= 0.3 is 5.97 Å². The normalized spacial score (nSPS) is 34.2. The molecule has 2 saturated heterocycles. The van der Waals surface area contributed by atoms with Crippen LogP contribution in [0, 0.1) is 17.8 Å². The molecule has 1 N–H and O–H groups in total. The molecule has 0 aromatic heterocycles. The molecule has 4 unspecified atom stereocenters. The maximum absolute atomic E-state index is 13.0. The highest BCUT2D eigenvalue weighted by Gasteiger charge is 2.48. The number of hydrogen-bond acceptors (Lipinski definition) is 3. The molecule has 0 radical (unpaired) electrons. The van der Waals surface area contributed by atoms with Crippen molar-refractivity contribution in [2.45, 2.75) is 64.0 Å². The quantitative estimate of drug-likeness (QED) is 0.868. The van der Waals surface area contributed by atoms with E-state index in [0.29, 0.717) is 18.3 Å². The van der Waals surface area contributed by atoms with E-state index in [4.69, 9.17) is 4.74 Å². The first-order valence-electron chi connectivity index (χ1n) is 8.72. The van der Waals surface area contributed by atoms with Crippen LogP contribution in [0.15, 0.2) is 0 Å². The Hall–Kier alpha value is -1.10. The average molecular weight is 309 g/mol. The highest BCUT2D eigenvalue weighted by atomic mass is 16.5. The van der Waals surface area contributed by atoms with Crippen molar-refractivity contribution in [1.29, 1.82) is 0 Å². The molecule has 1 aliphatic carbocycles. The van der Waals surface area contributed by atoms with Gasteiger partial charge in [-0.25, -0.2) is 4.79 Å². The van der Waals surface area contributed by atoms with Gasteiger partial charge in [0.2, 0.25) is 5.91 Å². The summed E-state index contributed by atoms with van der Waals surface area (Å²) in [6.07, 6.45) is 6.80. The Morgan fingerprint density at radius 3 is 2.50 bits per heavy atom. The van der Waals surface area contributed by atoms with Crippen LogP contribution in [0.25, 0.3) is 0 Å². The fourth-order valence-corrected chi connectivity index (χ4v) is 4.65. The van der Waals surface area contributed by atoms with Crippen LogP contribution >= 0.6 is 0 Å². The van der Waals surface area contributed by atoms with Gasteiger partial charge in [-0.05, 0) is 43.9 Å². The number of ether oxygens (including phenoxy) is 1. The average Bonchev–Trinajstić information content (AvgIpc) is 2.94. The maximum Gasteiger partial charge on any atom is 0.326 e. The lowest BCUT2D eigenvalue weighted by Crippen LogP contribution is -2.49. The fraction of sp³-hybridized carbons (Fsp3) is 0.882. The zero-order chi connectivity index (χ0) is 15.7. The summed E-state index contributed by atoms with van der Waals surface area (Å²) in [5.41, 5.74) is 0. The number of aliphatic carboxylic acids is 1. The standard InChI is InChI=1S/C17H27NO4/c1-11(12-6-8-22-9-7-12)16(19)18-14-5-3-2-4-13(14)10-15(18)17(20)21/h11-15H,2-10H2,1H3,(H,20,21). The Morgan fingerprint density at radius 1 is 1.14 bits per heavy atom. The van der Waals surface area contributed by atoms with Crippen LogP contribution in [-0.4, -0.2) is 47.2 Å².